The number of aromatic nitrogens is 5. The molecule has 0 spiro atoms. The lowest BCUT2D eigenvalue weighted by molar-refractivity contribution is 0.311. The van der Waals surface area contributed by atoms with E-state index in [1.807, 2.05) is 61.9 Å². The highest BCUT2D eigenvalue weighted by atomic mass is 19.1. The number of ether oxygens (including phenoxy) is 1. The van der Waals surface area contributed by atoms with Crippen molar-refractivity contribution in [3.63, 3.8) is 0 Å². The standard InChI is InChI=1S/C25H29FN8O/c1-5-6-17-14-22(31-30-17)27-21-15-23(34-11-9-32(3)10-12-34)29-25(28-21)35-20-8-7-19-18(24(20)26)13-16(2)33(19)4/h5-8,13-15H,9-12H2,1-4H3,(H2,27,28,29,30,31)/b6-5+. The van der Waals surface area contributed by atoms with Crippen molar-refractivity contribution < 1.29 is 9.13 Å². The minimum absolute atomic E-state index is 0.0686. The molecular weight excluding hydrogens is 447 g/mol. The van der Waals surface area contributed by atoms with Gasteiger partial charge in [0.1, 0.15) is 11.6 Å². The molecule has 0 atom stereocenters. The van der Waals surface area contributed by atoms with Crippen LogP contribution in [-0.4, -0.2) is 62.9 Å². The van der Waals surface area contributed by atoms with E-state index in [0.29, 0.717) is 22.8 Å². The van der Waals surface area contributed by atoms with E-state index in [1.54, 1.807) is 6.07 Å². The second-order valence-electron chi connectivity index (χ2n) is 8.78. The number of nitrogens with one attached hydrogen (secondary N) is 2. The number of hydrogen-bond acceptors (Lipinski definition) is 7. The minimum Gasteiger partial charge on any atom is -0.421 e. The monoisotopic (exact) mass is 476 g/mol. The fourth-order valence-electron chi connectivity index (χ4n) is 4.18. The second kappa shape index (κ2) is 9.38. The normalized spacial score (nSPS) is 14.8. The van der Waals surface area contributed by atoms with Crippen molar-refractivity contribution in [3.8, 4) is 11.8 Å². The van der Waals surface area contributed by atoms with E-state index in [2.05, 4.69) is 42.3 Å². The molecule has 0 saturated carbocycles. The number of piperazine rings is 1. The zero-order valence-corrected chi connectivity index (χ0v) is 20.3. The molecule has 5 rings (SSSR count). The van der Waals surface area contributed by atoms with Crippen molar-refractivity contribution in [2.24, 2.45) is 7.05 Å². The Labute approximate surface area is 203 Å². The van der Waals surface area contributed by atoms with Crippen LogP contribution in [0.3, 0.4) is 0 Å². The van der Waals surface area contributed by atoms with Crippen LogP contribution in [0.15, 0.2) is 36.4 Å². The molecule has 1 aromatic carbocycles. The highest BCUT2D eigenvalue weighted by Crippen LogP contribution is 2.32. The van der Waals surface area contributed by atoms with Gasteiger partial charge in [-0.2, -0.15) is 15.1 Å². The average Bonchev–Trinajstić information content (AvgIpc) is 3.40. The average molecular weight is 477 g/mol. The molecule has 10 heteroatoms. The van der Waals surface area contributed by atoms with Crippen LogP contribution in [0, 0.1) is 12.7 Å². The fourth-order valence-corrected chi connectivity index (χ4v) is 4.18. The van der Waals surface area contributed by atoms with E-state index in [1.165, 1.54) is 0 Å². The van der Waals surface area contributed by atoms with Crippen LogP contribution in [0.25, 0.3) is 17.0 Å². The summed E-state index contributed by atoms with van der Waals surface area (Å²) in [5, 5.41) is 11.0. The van der Waals surface area contributed by atoms with E-state index >= 15 is 4.39 Å². The number of allylic oxidation sites excluding steroid dienone is 1. The summed E-state index contributed by atoms with van der Waals surface area (Å²) in [6.45, 7) is 7.38. The number of likely N-dealkylation sites (N-methyl/N-ethyl adjacent to an activating group) is 1. The van der Waals surface area contributed by atoms with Gasteiger partial charge >= 0.3 is 6.01 Å². The number of rotatable bonds is 6. The van der Waals surface area contributed by atoms with Crippen LogP contribution in [-0.2, 0) is 7.05 Å². The van der Waals surface area contributed by atoms with Gasteiger partial charge < -0.3 is 24.4 Å². The smallest absolute Gasteiger partial charge is 0.326 e. The Morgan fingerprint density at radius 2 is 1.86 bits per heavy atom. The van der Waals surface area contributed by atoms with Crippen LogP contribution < -0.4 is 15.0 Å². The summed E-state index contributed by atoms with van der Waals surface area (Å²) in [6, 6.07) is 9.08. The van der Waals surface area contributed by atoms with Crippen LogP contribution in [0.2, 0.25) is 0 Å². The highest BCUT2D eigenvalue weighted by Gasteiger charge is 2.20. The highest BCUT2D eigenvalue weighted by molar-refractivity contribution is 5.83. The number of H-pyrrole nitrogens is 1. The van der Waals surface area contributed by atoms with Crippen LogP contribution in [0.4, 0.5) is 21.8 Å². The summed E-state index contributed by atoms with van der Waals surface area (Å²) in [5.41, 5.74) is 2.64. The van der Waals surface area contributed by atoms with Gasteiger partial charge in [0, 0.05) is 56.4 Å². The third kappa shape index (κ3) is 4.69. The number of anilines is 3. The van der Waals surface area contributed by atoms with Gasteiger partial charge in [0.25, 0.3) is 0 Å². The van der Waals surface area contributed by atoms with Crippen molar-refractivity contribution in [2.75, 3.05) is 43.4 Å². The molecule has 4 heterocycles. The topological polar surface area (TPSA) is 87.1 Å². The maximum atomic E-state index is 15.3. The largest absolute Gasteiger partial charge is 0.421 e. The third-order valence-electron chi connectivity index (χ3n) is 6.29. The van der Waals surface area contributed by atoms with Crippen LogP contribution in [0.1, 0.15) is 18.3 Å². The Bertz CT molecular complexity index is 1380. The van der Waals surface area contributed by atoms with Crippen molar-refractivity contribution in [1.82, 2.24) is 29.6 Å². The Kier molecular flexibility index (Phi) is 6.12. The van der Waals surface area contributed by atoms with E-state index in [9.17, 15) is 0 Å². The number of benzene rings is 1. The number of fused-ring (bicyclic) bond motifs is 1. The first-order valence-electron chi connectivity index (χ1n) is 11.6. The van der Waals surface area contributed by atoms with Gasteiger partial charge in [-0.3, -0.25) is 5.10 Å². The third-order valence-corrected chi connectivity index (χ3v) is 6.29. The van der Waals surface area contributed by atoms with Gasteiger partial charge in [-0.15, -0.1) is 0 Å². The lowest BCUT2D eigenvalue weighted by atomic mass is 10.2. The first-order valence-corrected chi connectivity index (χ1v) is 11.6. The number of nitrogens with zero attached hydrogens (tertiary/aromatic N) is 6. The van der Waals surface area contributed by atoms with E-state index in [-0.39, 0.29) is 11.8 Å². The Morgan fingerprint density at radius 1 is 1.06 bits per heavy atom. The van der Waals surface area contributed by atoms with Crippen LogP contribution >= 0.6 is 0 Å². The predicted octanol–water partition coefficient (Wildman–Crippen LogP) is 4.46. The lowest BCUT2D eigenvalue weighted by Gasteiger charge is -2.33. The number of halogens is 1. The van der Waals surface area contributed by atoms with Crippen molar-refractivity contribution in [1.29, 1.82) is 0 Å². The van der Waals surface area contributed by atoms with Gasteiger partial charge in [0.15, 0.2) is 17.4 Å². The van der Waals surface area contributed by atoms with Gasteiger partial charge in [0.2, 0.25) is 0 Å². The molecule has 1 aliphatic rings. The zero-order valence-electron chi connectivity index (χ0n) is 20.3. The van der Waals surface area contributed by atoms with Gasteiger partial charge in [-0.05, 0) is 45.2 Å². The molecule has 35 heavy (non-hydrogen) atoms. The van der Waals surface area contributed by atoms with Crippen molar-refractivity contribution in [3.05, 3.63) is 53.6 Å². The van der Waals surface area contributed by atoms with Crippen LogP contribution in [0.5, 0.6) is 11.8 Å². The summed E-state index contributed by atoms with van der Waals surface area (Å²) in [4.78, 5) is 13.6. The van der Waals surface area contributed by atoms with E-state index < -0.39 is 5.82 Å². The molecule has 0 unspecified atom stereocenters. The molecule has 0 aliphatic carbocycles. The lowest BCUT2D eigenvalue weighted by Crippen LogP contribution is -2.44. The van der Waals surface area contributed by atoms with Gasteiger partial charge in [-0.25, -0.2) is 4.39 Å². The molecule has 0 amide bonds. The van der Waals surface area contributed by atoms with Crippen molar-refractivity contribution in [2.45, 2.75) is 13.8 Å². The Morgan fingerprint density at radius 3 is 2.63 bits per heavy atom. The van der Waals surface area contributed by atoms with Crippen molar-refractivity contribution >= 4 is 34.4 Å². The Hall–Kier alpha value is -3.92. The van der Waals surface area contributed by atoms with E-state index in [0.717, 1.165) is 43.1 Å². The number of aromatic amines is 1. The summed E-state index contributed by atoms with van der Waals surface area (Å²) < 4.78 is 23.2. The summed E-state index contributed by atoms with van der Waals surface area (Å²) in [7, 11) is 4.01. The summed E-state index contributed by atoms with van der Waals surface area (Å²) in [5.74, 6) is 1.49. The molecule has 1 saturated heterocycles. The first kappa shape index (κ1) is 22.9. The summed E-state index contributed by atoms with van der Waals surface area (Å²) >= 11 is 0. The SMILES string of the molecule is C/C=C/c1cc(Nc2cc(N3CCN(C)CC3)nc(Oc3ccc4c(cc(C)n4C)c3F)n2)n[nH]1. The molecule has 1 fully saturated rings. The maximum absolute atomic E-state index is 15.3. The predicted molar refractivity (Wildman–Crippen MR) is 136 cm³/mol. The Balaban J connectivity index is 1.49. The van der Waals surface area contributed by atoms with Gasteiger partial charge in [0.05, 0.1) is 11.2 Å². The molecular formula is C25H29FN8O. The first-order chi connectivity index (χ1) is 16.9. The number of hydrogen-bond donors (Lipinski definition) is 2. The quantitative estimate of drug-likeness (QED) is 0.425. The zero-order chi connectivity index (χ0) is 24.5. The molecule has 2 N–H and O–H groups in total. The molecule has 4 aromatic rings. The molecule has 1 aliphatic heterocycles. The molecule has 182 valence electrons. The van der Waals surface area contributed by atoms with E-state index in [4.69, 9.17) is 4.74 Å². The number of aryl methyl sites for hydroxylation is 2. The molecule has 3 aromatic heterocycles. The fraction of sp³-hybridized carbons (Fsp3) is 0.320. The molecule has 0 bridgehead atoms. The second-order valence-corrected chi connectivity index (χ2v) is 8.78. The minimum atomic E-state index is -0.433. The van der Waals surface area contributed by atoms with Gasteiger partial charge in [-0.1, -0.05) is 6.08 Å². The summed E-state index contributed by atoms with van der Waals surface area (Å²) in [6.07, 6.45) is 3.85. The molecule has 9 nitrogen and oxygen atoms in total. The molecule has 0 radical (unpaired) electrons. The maximum Gasteiger partial charge on any atom is 0.326 e.